The van der Waals surface area contributed by atoms with Crippen molar-refractivity contribution in [3.8, 4) is 11.3 Å². The second-order valence-electron chi connectivity index (χ2n) is 7.41. The van der Waals surface area contributed by atoms with Gasteiger partial charge in [-0.1, -0.05) is 6.07 Å². The monoisotopic (exact) mass is 375 g/mol. The molecule has 1 fully saturated rings. The van der Waals surface area contributed by atoms with Gasteiger partial charge in [-0.15, -0.1) is 0 Å². The summed E-state index contributed by atoms with van der Waals surface area (Å²) in [4.78, 5) is 24.0. The van der Waals surface area contributed by atoms with Crippen LogP contribution in [0.5, 0.6) is 0 Å². The third kappa shape index (κ3) is 2.93. The summed E-state index contributed by atoms with van der Waals surface area (Å²) in [6, 6.07) is 10.1. The van der Waals surface area contributed by atoms with Crippen LogP contribution < -0.4 is 15.8 Å². The van der Waals surface area contributed by atoms with E-state index in [2.05, 4.69) is 27.1 Å². The topological polar surface area (TPSA) is 75.7 Å². The number of imidazole rings is 1. The van der Waals surface area contributed by atoms with Gasteiger partial charge in [0, 0.05) is 43.5 Å². The van der Waals surface area contributed by atoms with E-state index in [0.29, 0.717) is 23.0 Å². The molecule has 0 radical (unpaired) electrons. The maximum absolute atomic E-state index is 12.6. The molecule has 1 aliphatic rings. The molecule has 142 valence electrons. The van der Waals surface area contributed by atoms with Crippen molar-refractivity contribution >= 4 is 22.6 Å². The number of hydrogen-bond acceptors (Lipinski definition) is 6. The predicted molar refractivity (Wildman–Crippen MR) is 109 cm³/mol. The molecular formula is C21H21N5O2. The van der Waals surface area contributed by atoms with Gasteiger partial charge in [0.1, 0.15) is 11.5 Å². The summed E-state index contributed by atoms with van der Waals surface area (Å²) < 4.78 is 7.48. The van der Waals surface area contributed by atoms with Crippen LogP contribution in [0.3, 0.4) is 0 Å². The zero-order valence-electron chi connectivity index (χ0n) is 15.8. The number of nitrogens with one attached hydrogen (secondary N) is 1. The third-order valence-corrected chi connectivity index (χ3v) is 5.15. The summed E-state index contributed by atoms with van der Waals surface area (Å²) in [7, 11) is 0. The highest BCUT2D eigenvalue weighted by Gasteiger charge is 2.18. The van der Waals surface area contributed by atoms with Gasteiger partial charge in [-0.25, -0.2) is 9.78 Å². The number of hydrogen-bond donors (Lipinski definition) is 1. The number of nitrogens with zero attached hydrogens (tertiary/aromatic N) is 4. The molecule has 0 aromatic carbocycles. The Balaban J connectivity index is 1.56. The summed E-state index contributed by atoms with van der Waals surface area (Å²) in [6.45, 7) is 6.84. The summed E-state index contributed by atoms with van der Waals surface area (Å²) in [6.07, 6.45) is 3.83. The lowest BCUT2D eigenvalue weighted by Crippen LogP contribution is -2.49. The number of rotatable bonds is 2. The standard InChI is InChI=1S/C21H21N5O2/c1-13-3-5-18-23-17(12-26(18)10-13)16-9-15-4-6-19(24-20(15)28-21(16)27)25-8-7-22-14(2)11-25/h3-6,9-10,12,14,22H,7-8,11H2,1-2H3/t14-/m1/s1. The van der Waals surface area contributed by atoms with E-state index in [0.717, 1.165) is 42.0 Å². The lowest BCUT2D eigenvalue weighted by Gasteiger charge is -2.32. The van der Waals surface area contributed by atoms with Crippen LogP contribution >= 0.6 is 0 Å². The van der Waals surface area contributed by atoms with Crippen LogP contribution in [-0.2, 0) is 0 Å². The molecule has 1 atom stereocenters. The molecule has 5 rings (SSSR count). The van der Waals surface area contributed by atoms with Crippen molar-refractivity contribution in [1.29, 1.82) is 0 Å². The molecule has 4 aromatic rings. The van der Waals surface area contributed by atoms with Gasteiger partial charge in [-0.2, -0.15) is 4.98 Å². The van der Waals surface area contributed by atoms with Crippen LogP contribution in [0.15, 0.2) is 51.9 Å². The normalized spacial score (nSPS) is 17.5. The first-order valence-corrected chi connectivity index (χ1v) is 9.46. The fourth-order valence-corrected chi connectivity index (χ4v) is 3.72. The first-order valence-electron chi connectivity index (χ1n) is 9.46. The highest BCUT2D eigenvalue weighted by atomic mass is 16.4. The molecule has 7 heteroatoms. The Morgan fingerprint density at radius 1 is 1.18 bits per heavy atom. The maximum atomic E-state index is 12.6. The fourth-order valence-electron chi connectivity index (χ4n) is 3.72. The molecule has 0 spiro atoms. The molecule has 1 saturated heterocycles. The van der Waals surface area contributed by atoms with E-state index in [9.17, 15) is 4.79 Å². The highest BCUT2D eigenvalue weighted by Crippen LogP contribution is 2.23. The summed E-state index contributed by atoms with van der Waals surface area (Å²) in [5.74, 6) is 0.833. The minimum atomic E-state index is -0.425. The summed E-state index contributed by atoms with van der Waals surface area (Å²) >= 11 is 0. The molecule has 28 heavy (non-hydrogen) atoms. The van der Waals surface area contributed by atoms with Gasteiger partial charge in [-0.3, -0.25) is 0 Å². The van der Waals surface area contributed by atoms with E-state index in [-0.39, 0.29) is 0 Å². The van der Waals surface area contributed by atoms with Crippen LogP contribution in [-0.4, -0.2) is 40.0 Å². The van der Waals surface area contributed by atoms with Crippen molar-refractivity contribution < 1.29 is 4.42 Å². The van der Waals surface area contributed by atoms with Gasteiger partial charge in [0.05, 0.1) is 11.3 Å². The Morgan fingerprint density at radius 3 is 2.93 bits per heavy atom. The van der Waals surface area contributed by atoms with Crippen molar-refractivity contribution in [3.63, 3.8) is 0 Å². The quantitative estimate of drug-likeness (QED) is 0.580. The lowest BCUT2D eigenvalue weighted by molar-refractivity contribution is 0.481. The number of aromatic nitrogens is 3. The largest absolute Gasteiger partial charge is 0.403 e. The van der Waals surface area contributed by atoms with Crippen LogP contribution in [0, 0.1) is 6.92 Å². The fraction of sp³-hybridized carbons (Fsp3) is 0.286. The Hall–Kier alpha value is -3.19. The predicted octanol–water partition coefficient (Wildman–Crippen LogP) is 2.61. The molecule has 5 heterocycles. The molecule has 1 N–H and O–H groups in total. The Kier molecular flexibility index (Phi) is 3.91. The lowest BCUT2D eigenvalue weighted by atomic mass is 10.2. The van der Waals surface area contributed by atoms with Crippen molar-refractivity contribution in [2.24, 2.45) is 0 Å². The molecule has 1 aliphatic heterocycles. The minimum Gasteiger partial charge on any atom is -0.403 e. The van der Waals surface area contributed by atoms with Crippen molar-refractivity contribution in [2.75, 3.05) is 24.5 Å². The molecule has 0 amide bonds. The molecule has 0 bridgehead atoms. The smallest absolute Gasteiger partial charge is 0.347 e. The Morgan fingerprint density at radius 2 is 2.07 bits per heavy atom. The SMILES string of the molecule is Cc1ccc2nc(-c3cc4ccc(N5CCN[C@H](C)C5)nc4oc3=O)cn2c1. The van der Waals surface area contributed by atoms with Crippen molar-refractivity contribution in [3.05, 3.63) is 58.7 Å². The molecular weight excluding hydrogens is 354 g/mol. The van der Waals surface area contributed by atoms with E-state index in [4.69, 9.17) is 4.42 Å². The number of aryl methyl sites for hydroxylation is 1. The number of pyridine rings is 2. The van der Waals surface area contributed by atoms with E-state index in [1.807, 2.05) is 54.0 Å². The van der Waals surface area contributed by atoms with Gasteiger partial charge in [0.25, 0.3) is 0 Å². The molecule has 0 saturated carbocycles. The number of anilines is 1. The van der Waals surface area contributed by atoms with Crippen LogP contribution in [0.2, 0.25) is 0 Å². The van der Waals surface area contributed by atoms with Gasteiger partial charge < -0.3 is 19.0 Å². The maximum Gasteiger partial charge on any atom is 0.347 e. The summed E-state index contributed by atoms with van der Waals surface area (Å²) in [5, 5.41) is 4.20. The highest BCUT2D eigenvalue weighted by molar-refractivity contribution is 5.80. The van der Waals surface area contributed by atoms with Gasteiger partial charge in [0.15, 0.2) is 0 Å². The molecule has 0 aliphatic carbocycles. The third-order valence-electron chi connectivity index (χ3n) is 5.15. The summed E-state index contributed by atoms with van der Waals surface area (Å²) in [5.41, 5.74) is 2.89. The number of fused-ring (bicyclic) bond motifs is 2. The average Bonchev–Trinajstić information content (AvgIpc) is 3.10. The van der Waals surface area contributed by atoms with Gasteiger partial charge in [-0.05, 0) is 43.7 Å². The molecule has 7 nitrogen and oxygen atoms in total. The second-order valence-corrected chi connectivity index (χ2v) is 7.41. The molecule has 0 unspecified atom stereocenters. The first kappa shape index (κ1) is 16.9. The van der Waals surface area contributed by atoms with Crippen LogP contribution in [0.1, 0.15) is 12.5 Å². The minimum absolute atomic E-state index is 0.358. The Labute approximate surface area is 161 Å². The van der Waals surface area contributed by atoms with Crippen molar-refractivity contribution in [2.45, 2.75) is 19.9 Å². The van der Waals surface area contributed by atoms with Gasteiger partial charge in [0.2, 0.25) is 5.71 Å². The van der Waals surface area contributed by atoms with E-state index in [1.54, 1.807) is 0 Å². The zero-order valence-corrected chi connectivity index (χ0v) is 15.8. The number of piperazine rings is 1. The zero-order chi connectivity index (χ0) is 19.3. The van der Waals surface area contributed by atoms with E-state index >= 15 is 0 Å². The van der Waals surface area contributed by atoms with Crippen LogP contribution in [0.4, 0.5) is 5.82 Å². The van der Waals surface area contributed by atoms with E-state index < -0.39 is 5.63 Å². The average molecular weight is 375 g/mol. The second kappa shape index (κ2) is 6.45. The molecule has 4 aromatic heterocycles. The van der Waals surface area contributed by atoms with Gasteiger partial charge >= 0.3 is 5.63 Å². The van der Waals surface area contributed by atoms with Crippen LogP contribution in [0.25, 0.3) is 28.0 Å². The van der Waals surface area contributed by atoms with E-state index in [1.165, 1.54) is 0 Å². The van der Waals surface area contributed by atoms with Crippen molar-refractivity contribution in [1.82, 2.24) is 19.7 Å². The Bertz CT molecular complexity index is 1240. The first-order chi connectivity index (χ1) is 13.6.